The molecule has 0 radical (unpaired) electrons. The number of hydrazine groups is 1. The summed E-state index contributed by atoms with van der Waals surface area (Å²) in [5, 5.41) is 18.4. The zero-order chi connectivity index (χ0) is 9.90. The average molecular weight is 184 g/mol. The van der Waals surface area contributed by atoms with Gasteiger partial charge in [0.2, 0.25) is 0 Å². The maximum Gasteiger partial charge on any atom is 0.147 e. The van der Waals surface area contributed by atoms with Crippen LogP contribution in [-0.4, -0.2) is 35.3 Å². The summed E-state index contributed by atoms with van der Waals surface area (Å²) < 4.78 is 0. The third-order valence-corrected chi connectivity index (χ3v) is 1.77. The van der Waals surface area contributed by atoms with Gasteiger partial charge >= 0.3 is 0 Å². The van der Waals surface area contributed by atoms with Gasteiger partial charge < -0.3 is 5.11 Å². The van der Waals surface area contributed by atoms with Crippen LogP contribution in [0.1, 0.15) is 13.8 Å². The molecule has 3 N–H and O–H groups in total. The Morgan fingerprint density at radius 3 is 2.69 bits per heavy atom. The predicted molar refractivity (Wildman–Crippen MR) is 51.8 cm³/mol. The second-order valence-electron chi connectivity index (χ2n) is 3.44. The first-order valence-electron chi connectivity index (χ1n) is 4.20. The van der Waals surface area contributed by atoms with E-state index >= 15 is 0 Å². The average Bonchev–Trinajstić information content (AvgIpc) is 2.05. The summed E-state index contributed by atoms with van der Waals surface area (Å²) in [5.41, 5.74) is 2.04. The summed E-state index contributed by atoms with van der Waals surface area (Å²) in [5.74, 6) is 0. The lowest BCUT2D eigenvalue weighted by atomic mass is 10.1. The highest BCUT2D eigenvalue weighted by Gasteiger charge is 2.30. The number of hydrogen-bond donors (Lipinski definition) is 3. The van der Waals surface area contributed by atoms with Crippen LogP contribution in [0.5, 0.6) is 0 Å². The molecule has 1 heterocycles. The lowest BCUT2D eigenvalue weighted by molar-refractivity contribution is -0.0462. The van der Waals surface area contributed by atoms with E-state index in [0.717, 1.165) is 0 Å². The lowest BCUT2D eigenvalue weighted by Crippen LogP contribution is -2.58. The van der Waals surface area contributed by atoms with Crippen LogP contribution in [-0.2, 0) is 0 Å². The van der Waals surface area contributed by atoms with E-state index in [0.29, 0.717) is 0 Å². The molecule has 5 nitrogen and oxygen atoms in total. The number of nitrogens with one attached hydrogen (secondary N) is 2. The topological polar surface area (TPSA) is 59.9 Å². The van der Waals surface area contributed by atoms with E-state index in [4.69, 9.17) is 0 Å². The summed E-state index contributed by atoms with van der Waals surface area (Å²) in [6.45, 7) is 3.45. The number of likely N-dealkylation sites (N-methyl/N-ethyl adjacent to an activating group) is 1. The van der Waals surface area contributed by atoms with E-state index in [9.17, 15) is 5.11 Å². The van der Waals surface area contributed by atoms with Gasteiger partial charge in [-0.3, -0.25) is 10.7 Å². The SMILES string of the molecule is CNC(N1N=CC=CN1)C(C)(C)O. The molecule has 0 saturated carbocycles. The fourth-order valence-corrected chi connectivity index (χ4v) is 1.22. The first kappa shape index (κ1) is 10.0. The standard InChI is InChI=1S/C8H16N4O/c1-8(2,13)7(9-3)12-10-5-4-6-11-12/h4-7,9-10,13H,1-3H3. The molecule has 1 aliphatic heterocycles. The zero-order valence-corrected chi connectivity index (χ0v) is 8.15. The molecular formula is C8H16N4O. The highest BCUT2D eigenvalue weighted by molar-refractivity contribution is 5.71. The van der Waals surface area contributed by atoms with Gasteiger partial charge in [0.05, 0.1) is 11.8 Å². The van der Waals surface area contributed by atoms with Crippen LogP contribution < -0.4 is 10.7 Å². The number of allylic oxidation sites excluding steroid dienone is 1. The van der Waals surface area contributed by atoms with Gasteiger partial charge in [0, 0.05) is 6.20 Å². The third-order valence-electron chi connectivity index (χ3n) is 1.77. The fraction of sp³-hybridized carbons (Fsp3) is 0.625. The van der Waals surface area contributed by atoms with Crippen molar-refractivity contribution in [2.45, 2.75) is 25.6 Å². The smallest absolute Gasteiger partial charge is 0.147 e. The predicted octanol–water partition coefficient (Wildman–Crippen LogP) is -0.377. The van der Waals surface area contributed by atoms with E-state index in [1.54, 1.807) is 44.5 Å². The number of aliphatic hydroxyl groups is 1. The summed E-state index contributed by atoms with van der Waals surface area (Å²) in [4.78, 5) is 0. The molecule has 0 aromatic heterocycles. The van der Waals surface area contributed by atoms with Gasteiger partial charge in [-0.05, 0) is 27.0 Å². The first-order chi connectivity index (χ1) is 6.05. The van der Waals surface area contributed by atoms with Crippen molar-refractivity contribution >= 4 is 6.21 Å². The summed E-state index contributed by atoms with van der Waals surface area (Å²) in [6.07, 6.45) is 4.93. The van der Waals surface area contributed by atoms with Crippen LogP contribution in [0.15, 0.2) is 17.4 Å². The molecular weight excluding hydrogens is 168 g/mol. The molecule has 13 heavy (non-hydrogen) atoms. The summed E-state index contributed by atoms with van der Waals surface area (Å²) in [7, 11) is 1.78. The monoisotopic (exact) mass is 184 g/mol. The lowest BCUT2D eigenvalue weighted by Gasteiger charge is -2.36. The van der Waals surface area contributed by atoms with Crippen LogP contribution in [0.25, 0.3) is 0 Å². The Bertz CT molecular complexity index is 219. The molecule has 0 fully saturated rings. The Morgan fingerprint density at radius 2 is 2.31 bits per heavy atom. The van der Waals surface area contributed by atoms with Gasteiger partial charge in [-0.1, -0.05) is 0 Å². The molecule has 1 aliphatic rings. The number of hydrazone groups is 1. The van der Waals surface area contributed by atoms with Crippen molar-refractivity contribution in [3.05, 3.63) is 12.3 Å². The molecule has 0 saturated heterocycles. The molecule has 0 bridgehead atoms. The molecule has 74 valence electrons. The largest absolute Gasteiger partial charge is 0.387 e. The Labute approximate surface area is 78.1 Å². The van der Waals surface area contributed by atoms with Gasteiger partial charge in [-0.15, -0.1) is 0 Å². The maximum atomic E-state index is 9.79. The third kappa shape index (κ3) is 2.43. The van der Waals surface area contributed by atoms with Gasteiger partial charge in [0.1, 0.15) is 6.17 Å². The molecule has 0 amide bonds. The Kier molecular flexibility index (Phi) is 2.90. The van der Waals surface area contributed by atoms with E-state index in [-0.39, 0.29) is 6.17 Å². The number of nitrogens with zero attached hydrogens (tertiary/aromatic N) is 2. The zero-order valence-electron chi connectivity index (χ0n) is 8.15. The molecule has 5 heteroatoms. The summed E-state index contributed by atoms with van der Waals surface area (Å²) >= 11 is 0. The molecule has 1 unspecified atom stereocenters. The molecule has 0 aromatic rings. The Balaban J connectivity index is 2.67. The van der Waals surface area contributed by atoms with Crippen molar-refractivity contribution in [3.63, 3.8) is 0 Å². The van der Waals surface area contributed by atoms with Crippen molar-refractivity contribution < 1.29 is 5.11 Å². The molecule has 1 atom stereocenters. The Morgan fingerprint density at radius 1 is 1.62 bits per heavy atom. The van der Waals surface area contributed by atoms with Gasteiger partial charge in [-0.2, -0.15) is 10.2 Å². The van der Waals surface area contributed by atoms with Crippen molar-refractivity contribution in [2.75, 3.05) is 7.05 Å². The van der Waals surface area contributed by atoms with Gasteiger partial charge in [-0.25, -0.2) is 0 Å². The van der Waals surface area contributed by atoms with Crippen LogP contribution in [0, 0.1) is 0 Å². The van der Waals surface area contributed by atoms with E-state index < -0.39 is 5.60 Å². The quantitative estimate of drug-likeness (QED) is 0.559. The second kappa shape index (κ2) is 3.76. The normalized spacial score (nSPS) is 18.6. The molecule has 0 aromatic carbocycles. The minimum Gasteiger partial charge on any atom is -0.387 e. The van der Waals surface area contributed by atoms with E-state index in [1.165, 1.54) is 0 Å². The molecule has 0 aliphatic carbocycles. The fourth-order valence-electron chi connectivity index (χ4n) is 1.22. The molecule has 1 rings (SSSR count). The van der Waals surface area contributed by atoms with Crippen molar-refractivity contribution in [2.24, 2.45) is 5.10 Å². The molecule has 0 spiro atoms. The van der Waals surface area contributed by atoms with E-state index in [1.807, 2.05) is 0 Å². The highest BCUT2D eigenvalue weighted by atomic mass is 16.3. The second-order valence-corrected chi connectivity index (χ2v) is 3.44. The van der Waals surface area contributed by atoms with Crippen LogP contribution in [0.2, 0.25) is 0 Å². The van der Waals surface area contributed by atoms with Crippen LogP contribution in [0.3, 0.4) is 0 Å². The minimum atomic E-state index is -0.871. The van der Waals surface area contributed by atoms with Gasteiger partial charge in [0.15, 0.2) is 0 Å². The van der Waals surface area contributed by atoms with Crippen molar-refractivity contribution in [1.29, 1.82) is 0 Å². The minimum absolute atomic E-state index is 0.270. The van der Waals surface area contributed by atoms with Crippen LogP contribution >= 0.6 is 0 Å². The number of rotatable bonds is 3. The van der Waals surface area contributed by atoms with E-state index in [2.05, 4.69) is 15.8 Å². The first-order valence-corrected chi connectivity index (χ1v) is 4.20. The highest BCUT2D eigenvalue weighted by Crippen LogP contribution is 2.12. The van der Waals surface area contributed by atoms with Crippen molar-refractivity contribution in [3.8, 4) is 0 Å². The summed E-state index contributed by atoms with van der Waals surface area (Å²) in [6, 6.07) is 0. The Hall–Kier alpha value is -1.07. The number of hydrogen-bond acceptors (Lipinski definition) is 5. The van der Waals surface area contributed by atoms with Crippen molar-refractivity contribution in [1.82, 2.24) is 15.9 Å². The maximum absolute atomic E-state index is 9.79. The van der Waals surface area contributed by atoms with Gasteiger partial charge in [0.25, 0.3) is 0 Å². The van der Waals surface area contributed by atoms with Crippen LogP contribution in [0.4, 0.5) is 0 Å².